The van der Waals surface area contributed by atoms with Crippen LogP contribution in [0.5, 0.6) is 5.75 Å². The van der Waals surface area contributed by atoms with Gasteiger partial charge in [0, 0.05) is 95.6 Å². The highest BCUT2D eigenvalue weighted by Crippen LogP contribution is 2.27. The number of nitrogens with two attached hydrogens (primary N) is 1. The number of carboxylic acid groups (broad SMARTS) is 2. The number of carbonyl (C=O) groups is 17. The number of benzene rings is 5. The molecular weight excluding hydrogens is 1760 g/mol. The first-order valence-electron chi connectivity index (χ1n) is 44.2. The van der Waals surface area contributed by atoms with Crippen LogP contribution in [-0.2, 0) is 123 Å². The van der Waals surface area contributed by atoms with Crippen molar-refractivity contribution >= 4 is 123 Å². The Bertz CT molecular complexity index is 5190. The summed E-state index contributed by atoms with van der Waals surface area (Å²) < 4.78 is 41.4. The second kappa shape index (κ2) is 49.9. The van der Waals surface area contributed by atoms with Crippen molar-refractivity contribution in [3.8, 4) is 5.75 Å². The fraction of sp³-hybridized carbons (Fsp3) is 0.473. The third-order valence-corrected chi connectivity index (χ3v) is 24.4. The number of nitrogens with one attached hydrogen (secondary N) is 10. The number of morpholine rings is 2. The quantitative estimate of drug-likeness (QED) is 0.0403. The van der Waals surface area contributed by atoms with Crippen LogP contribution in [0.2, 0.25) is 0 Å². The number of phenols is 1. The van der Waals surface area contributed by atoms with E-state index in [-0.39, 0.29) is 82.6 Å². The van der Waals surface area contributed by atoms with Crippen LogP contribution in [0.1, 0.15) is 107 Å². The Kier molecular flexibility index (Phi) is 38.8. The lowest BCUT2D eigenvalue weighted by molar-refractivity contribution is -0.158. The van der Waals surface area contributed by atoms with Crippen molar-refractivity contribution in [2.75, 3.05) is 78.7 Å². The van der Waals surface area contributed by atoms with Crippen LogP contribution in [0, 0.1) is 23.5 Å². The van der Waals surface area contributed by atoms with Gasteiger partial charge in [0.2, 0.25) is 88.6 Å². The Hall–Kier alpha value is -13.4. The molecule has 9 rings (SSSR count). The van der Waals surface area contributed by atoms with Gasteiger partial charge in [-0.2, -0.15) is 0 Å². The minimum Gasteiger partial charge on any atom is -0.508 e. The number of nitrogens with zero attached hydrogens (tertiary/aromatic N) is 5. The number of para-hydroxylation sites is 1. The zero-order valence-corrected chi connectivity index (χ0v) is 76.6. The number of aromatic hydroxyl groups is 1. The van der Waals surface area contributed by atoms with Gasteiger partial charge in [0.1, 0.15) is 84.3 Å². The van der Waals surface area contributed by atoms with Gasteiger partial charge in [0.15, 0.2) is 11.6 Å². The van der Waals surface area contributed by atoms with E-state index in [9.17, 15) is 53.3 Å². The molecule has 0 aliphatic carbocycles. The maximum atomic E-state index is 15.7. The van der Waals surface area contributed by atoms with Crippen LogP contribution in [0.15, 0.2) is 134 Å². The average Bonchev–Trinajstić information content (AvgIpc) is 1.59. The van der Waals surface area contributed by atoms with Gasteiger partial charge < -0.3 is 108 Å². The van der Waals surface area contributed by atoms with E-state index < -0.39 is 260 Å². The van der Waals surface area contributed by atoms with Crippen LogP contribution in [0.25, 0.3) is 10.9 Å². The standard InChI is InChI=1S/C93H118F2N16O22S/c1-9-10-25-71-92(130)111-35-37-133-49-75(111)88(126)104-68(45-79(117)118)85(123)106-80(53(4)5)93(131)108(7)72(42-54-19-13-11-14-20-54)86(124)100-64(32-33-78(115)116)90(128)110-34-36-132-48-74(110)87(125)103-67(44-58-46-97-63-24-18-17-23-60(58)63)84(122)102-66(40-56-26-29-59(112)30-27-56)83(121)101-65(38-52(2)3)82(120)105-70(81(119)98-47-76(96)113)50-134-51-77(114)99-69(41-57-28-31-61(94)62(95)39-57)89(127)109(8)73(91(129)107(71)6)43-55-21-15-12-16-22-55/h11-24,26-31,39,46,52-53,64-75,80,97,112H,9-10,25,32-38,40-45,47-51H2,1-8H3,(H2,96,113)(H,98,119)(H,99,114)(H,100,124)(H,101,121)(H,102,122)(H,103,125)(H,104,126)(H,105,120)(H,106,123)(H,115,116)(H,117,118)/t64-,65-,66-,67+,68-,69-,70-,71-,72-,73-,74+,75+,80-/m0/s1. The predicted octanol–water partition coefficient (Wildman–Crippen LogP) is 1.06. The summed E-state index contributed by atoms with van der Waals surface area (Å²) in [5.41, 5.74) is 7.76. The van der Waals surface area contributed by atoms with Crippen molar-refractivity contribution in [3.05, 3.63) is 173 Å². The summed E-state index contributed by atoms with van der Waals surface area (Å²) in [5, 5.41) is 55.0. The van der Waals surface area contributed by atoms with Crippen molar-refractivity contribution in [2.24, 2.45) is 17.6 Å². The molecule has 38 nitrogen and oxygen atoms in total. The molecule has 3 aliphatic rings. The van der Waals surface area contributed by atoms with E-state index in [1.807, 2.05) is 0 Å². The third-order valence-electron chi connectivity index (χ3n) is 23.4. The molecular formula is C93H118F2N16O22S. The lowest BCUT2D eigenvalue weighted by Crippen LogP contribution is -2.64. The number of H-pyrrole nitrogens is 1. The van der Waals surface area contributed by atoms with Crippen molar-refractivity contribution in [2.45, 2.75) is 190 Å². The zero-order valence-electron chi connectivity index (χ0n) is 75.8. The molecule has 0 spiro atoms. The molecule has 6 aromatic rings. The van der Waals surface area contributed by atoms with Gasteiger partial charge >= 0.3 is 11.9 Å². The smallest absolute Gasteiger partial charge is 0.305 e. The minimum atomic E-state index is -2.02. The van der Waals surface area contributed by atoms with Gasteiger partial charge in [0.05, 0.1) is 45.1 Å². The number of unbranched alkanes of at least 4 members (excludes halogenated alkanes) is 1. The number of carboxylic acids is 2. The van der Waals surface area contributed by atoms with Crippen LogP contribution in [-0.4, -0.2) is 303 Å². The summed E-state index contributed by atoms with van der Waals surface area (Å²) >= 11 is 0.713. The Morgan fingerprint density at radius 1 is 0.515 bits per heavy atom. The molecule has 13 atom stereocenters. The normalized spacial score (nSPS) is 23.7. The molecule has 0 unspecified atom stereocenters. The zero-order chi connectivity index (χ0) is 97.7. The van der Waals surface area contributed by atoms with Gasteiger partial charge in [-0.05, 0) is 89.2 Å². The maximum absolute atomic E-state index is 15.7. The van der Waals surface area contributed by atoms with E-state index in [0.29, 0.717) is 51.3 Å². The van der Waals surface area contributed by atoms with Crippen molar-refractivity contribution in [1.82, 2.24) is 77.3 Å². The van der Waals surface area contributed by atoms with Crippen molar-refractivity contribution in [3.63, 3.8) is 0 Å². The SMILES string of the molecule is CCCC[C@H]1C(=O)N2CCOC[C@@H]2C(=O)N[C@@H](CC(=O)O)C(=O)N[C@@H](C(C)C)C(=O)N(C)[C@@H](Cc2ccccc2)C(=O)N[C@@H](CCC(=O)O)C(=O)N2CCOC[C@@H]2C(=O)N[C@H](Cc2c[nH]c3ccccc23)C(=O)N[C@@H](Cc2ccc(O)cc2)C(=O)N[C@@H](CC(C)C)C(=O)N[C@H](C(=O)NCC(N)=O)CSCC(=O)N[C@@H](Cc2ccc(F)c(F)c2)C(=O)N(C)[C@@H](Cc2ccccc2)C(=O)N1C. The number of aliphatic carboxylic acids is 2. The van der Waals surface area contributed by atoms with E-state index in [4.69, 9.17) is 15.2 Å². The number of aromatic amines is 1. The predicted molar refractivity (Wildman–Crippen MR) is 484 cm³/mol. The third kappa shape index (κ3) is 29.5. The molecule has 0 saturated carbocycles. The fourth-order valence-electron chi connectivity index (χ4n) is 16.0. The van der Waals surface area contributed by atoms with Gasteiger partial charge in [-0.25, -0.2) is 8.78 Å². The lowest BCUT2D eigenvalue weighted by atomic mass is 9.98. The molecule has 4 heterocycles. The van der Waals surface area contributed by atoms with Gasteiger partial charge in [-0.15, -0.1) is 11.8 Å². The molecule has 0 bridgehead atoms. The van der Waals surface area contributed by atoms with Crippen molar-refractivity contribution in [1.29, 1.82) is 0 Å². The van der Waals surface area contributed by atoms with Gasteiger partial charge in [-0.3, -0.25) is 81.5 Å². The molecule has 134 heavy (non-hydrogen) atoms. The van der Waals surface area contributed by atoms with E-state index in [1.54, 1.807) is 112 Å². The summed E-state index contributed by atoms with van der Waals surface area (Å²) in [4.78, 5) is 259. The maximum Gasteiger partial charge on any atom is 0.305 e. The summed E-state index contributed by atoms with van der Waals surface area (Å²) in [6, 6.07) is 9.98. The minimum absolute atomic E-state index is 0.0192. The van der Waals surface area contributed by atoms with Crippen LogP contribution in [0.3, 0.4) is 0 Å². The number of rotatable bonds is 24. The second-order valence-electron chi connectivity index (χ2n) is 34.1. The number of carbonyl (C=O) groups excluding carboxylic acids is 15. The molecule has 3 saturated heterocycles. The van der Waals surface area contributed by atoms with Crippen LogP contribution in [0.4, 0.5) is 8.78 Å². The van der Waals surface area contributed by atoms with Gasteiger partial charge in [0.25, 0.3) is 0 Å². The number of fused-ring (bicyclic) bond motifs is 3. The van der Waals surface area contributed by atoms with E-state index >= 15 is 52.3 Å². The number of hydrogen-bond acceptors (Lipinski definition) is 21. The van der Waals surface area contributed by atoms with Gasteiger partial charge in [-0.1, -0.05) is 145 Å². The van der Waals surface area contributed by atoms with Crippen LogP contribution < -0.4 is 53.6 Å². The Morgan fingerprint density at radius 2 is 1.04 bits per heavy atom. The first-order chi connectivity index (χ1) is 63.8. The monoisotopic (exact) mass is 1880 g/mol. The molecule has 15 N–H and O–H groups in total. The number of phenolic OH excluding ortho intramolecular Hbond substituents is 1. The van der Waals surface area contributed by atoms with E-state index in [1.165, 1.54) is 59.3 Å². The number of thioether (sulfide) groups is 1. The highest BCUT2D eigenvalue weighted by molar-refractivity contribution is 8.00. The Morgan fingerprint density at radius 3 is 1.63 bits per heavy atom. The molecule has 0 radical (unpaired) electrons. The highest BCUT2D eigenvalue weighted by Gasteiger charge is 2.46. The number of likely N-dealkylation sites (N-methyl/N-ethyl adjacent to an activating group) is 3. The molecule has 3 aliphatic heterocycles. The van der Waals surface area contributed by atoms with Crippen molar-refractivity contribution < 1.29 is 115 Å². The Labute approximate surface area is 777 Å². The topological polar surface area (TPSA) is 536 Å². The number of amides is 15. The first-order valence-corrected chi connectivity index (χ1v) is 45.4. The molecule has 41 heteroatoms. The largest absolute Gasteiger partial charge is 0.508 e. The number of hydrogen-bond donors (Lipinski definition) is 14. The summed E-state index contributed by atoms with van der Waals surface area (Å²) in [6.45, 7) is 5.33. The fourth-order valence-corrected chi connectivity index (χ4v) is 16.8. The average molecular weight is 1880 g/mol. The molecule has 3 fully saturated rings. The molecule has 15 amide bonds. The van der Waals surface area contributed by atoms with E-state index in [0.717, 1.165) is 42.7 Å². The molecule has 1 aromatic heterocycles. The number of halogens is 2. The number of aromatic nitrogens is 1. The lowest BCUT2D eigenvalue weighted by Gasteiger charge is -2.40. The number of primary amides is 1. The first kappa shape index (κ1) is 104. The highest BCUT2D eigenvalue weighted by atomic mass is 32.2. The molecule has 5 aromatic carbocycles. The number of ether oxygens (including phenoxy) is 2. The summed E-state index contributed by atoms with van der Waals surface area (Å²) in [7, 11) is 3.75. The summed E-state index contributed by atoms with van der Waals surface area (Å²) in [5.74, 6) is -23.4. The second-order valence-corrected chi connectivity index (χ2v) is 35.2. The molecule has 722 valence electrons. The summed E-state index contributed by atoms with van der Waals surface area (Å²) in [6.07, 6.45) is -2.22. The van der Waals surface area contributed by atoms with E-state index in [2.05, 4.69) is 52.8 Å². The van der Waals surface area contributed by atoms with Crippen LogP contribution >= 0.6 is 11.8 Å². The Balaban J connectivity index is 1.14.